The summed E-state index contributed by atoms with van der Waals surface area (Å²) in [5.74, 6) is 0.0729. The largest absolute Gasteiger partial charge is 0.282 e. The van der Waals surface area contributed by atoms with Crippen molar-refractivity contribution in [3.05, 3.63) is 54.0 Å². The molecular formula is C13H7FN4. The van der Waals surface area contributed by atoms with E-state index in [2.05, 4.69) is 10.2 Å². The molecule has 0 N–H and O–H groups in total. The van der Waals surface area contributed by atoms with E-state index in [9.17, 15) is 4.39 Å². The maximum absolute atomic E-state index is 13.7. The lowest BCUT2D eigenvalue weighted by atomic mass is 10.2. The normalized spacial score (nSPS) is 10.4. The molecule has 18 heavy (non-hydrogen) atoms. The van der Waals surface area contributed by atoms with Crippen LogP contribution in [0.15, 0.2) is 42.6 Å². The van der Waals surface area contributed by atoms with Gasteiger partial charge in [-0.25, -0.2) is 4.39 Å². The zero-order valence-corrected chi connectivity index (χ0v) is 9.21. The number of nitrogens with zero attached hydrogens (tertiary/aromatic N) is 4. The minimum Gasteiger partial charge on any atom is -0.282 e. The molecule has 0 bridgehead atoms. The molecule has 3 rings (SSSR count). The number of hydrogen-bond donors (Lipinski definition) is 0. The van der Waals surface area contributed by atoms with Crippen LogP contribution < -0.4 is 0 Å². The van der Waals surface area contributed by atoms with Crippen LogP contribution in [0.1, 0.15) is 5.56 Å². The standard InChI is InChI=1S/C13H7FN4/c14-11-4-2-1-3-10(11)13-17-16-12-7-9(8-15)5-6-18(12)13/h1-7H. The molecule has 2 aromatic heterocycles. The molecule has 5 heteroatoms. The van der Waals surface area contributed by atoms with E-state index in [0.29, 0.717) is 22.6 Å². The minimum absolute atomic E-state index is 0.351. The number of pyridine rings is 1. The maximum atomic E-state index is 13.7. The molecule has 0 unspecified atom stereocenters. The van der Waals surface area contributed by atoms with Crippen LogP contribution in [0.2, 0.25) is 0 Å². The van der Waals surface area contributed by atoms with Crippen LogP contribution >= 0.6 is 0 Å². The van der Waals surface area contributed by atoms with Gasteiger partial charge in [0.1, 0.15) is 5.82 Å². The summed E-state index contributed by atoms with van der Waals surface area (Å²) in [6.07, 6.45) is 1.66. The molecule has 86 valence electrons. The van der Waals surface area contributed by atoms with Gasteiger partial charge in [0.2, 0.25) is 0 Å². The summed E-state index contributed by atoms with van der Waals surface area (Å²) >= 11 is 0. The van der Waals surface area contributed by atoms with Gasteiger partial charge in [-0.3, -0.25) is 4.40 Å². The zero-order chi connectivity index (χ0) is 12.5. The van der Waals surface area contributed by atoms with Gasteiger partial charge in [0.15, 0.2) is 11.5 Å². The van der Waals surface area contributed by atoms with E-state index >= 15 is 0 Å². The molecule has 0 fully saturated rings. The van der Waals surface area contributed by atoms with Crippen molar-refractivity contribution in [3.63, 3.8) is 0 Å². The van der Waals surface area contributed by atoms with Crippen LogP contribution in [-0.2, 0) is 0 Å². The molecule has 0 aliphatic heterocycles. The second-order valence-electron chi connectivity index (χ2n) is 3.76. The first-order valence-corrected chi connectivity index (χ1v) is 5.29. The lowest BCUT2D eigenvalue weighted by Gasteiger charge is -2.01. The summed E-state index contributed by atoms with van der Waals surface area (Å²) in [7, 11) is 0. The van der Waals surface area contributed by atoms with E-state index in [1.807, 2.05) is 6.07 Å². The summed E-state index contributed by atoms with van der Waals surface area (Å²) in [6.45, 7) is 0. The molecule has 4 nitrogen and oxygen atoms in total. The van der Waals surface area contributed by atoms with Crippen LogP contribution in [-0.4, -0.2) is 14.6 Å². The highest BCUT2D eigenvalue weighted by Crippen LogP contribution is 2.21. The number of aromatic nitrogens is 3. The fourth-order valence-corrected chi connectivity index (χ4v) is 1.79. The molecule has 2 heterocycles. The first kappa shape index (κ1) is 10.4. The third-order valence-electron chi connectivity index (χ3n) is 2.65. The molecule has 0 saturated carbocycles. The van der Waals surface area contributed by atoms with Crippen molar-refractivity contribution >= 4 is 5.65 Å². The van der Waals surface area contributed by atoms with Gasteiger partial charge >= 0.3 is 0 Å². The molecule has 3 aromatic rings. The summed E-state index contributed by atoms with van der Waals surface area (Å²) in [5.41, 5.74) is 1.40. The average molecular weight is 238 g/mol. The van der Waals surface area contributed by atoms with E-state index in [1.54, 1.807) is 40.9 Å². The van der Waals surface area contributed by atoms with Crippen LogP contribution in [0.5, 0.6) is 0 Å². The van der Waals surface area contributed by atoms with Crippen molar-refractivity contribution in [1.29, 1.82) is 5.26 Å². The Balaban J connectivity index is 2.26. The van der Waals surface area contributed by atoms with E-state index in [1.165, 1.54) is 6.07 Å². The van der Waals surface area contributed by atoms with Gasteiger partial charge in [-0.1, -0.05) is 12.1 Å². The highest BCUT2D eigenvalue weighted by atomic mass is 19.1. The molecule has 1 aromatic carbocycles. The number of nitriles is 1. The Morgan fingerprint density at radius 3 is 2.78 bits per heavy atom. The molecule has 0 radical (unpaired) electrons. The summed E-state index contributed by atoms with van der Waals surface area (Å²) in [5, 5.41) is 16.7. The van der Waals surface area contributed by atoms with Gasteiger partial charge in [-0.05, 0) is 18.2 Å². The van der Waals surface area contributed by atoms with Crippen molar-refractivity contribution < 1.29 is 4.39 Å². The molecule has 0 aliphatic rings. The molecule has 0 spiro atoms. The lowest BCUT2D eigenvalue weighted by molar-refractivity contribution is 0.629. The average Bonchev–Trinajstić information content (AvgIpc) is 2.82. The minimum atomic E-state index is -0.351. The Labute approximate surface area is 102 Å². The maximum Gasteiger partial charge on any atom is 0.171 e. The van der Waals surface area contributed by atoms with E-state index in [4.69, 9.17) is 5.26 Å². The summed E-state index contributed by atoms with van der Waals surface area (Å²) in [4.78, 5) is 0. The van der Waals surface area contributed by atoms with Crippen LogP contribution in [0.4, 0.5) is 4.39 Å². The van der Waals surface area contributed by atoms with E-state index in [0.717, 1.165) is 0 Å². The molecular weight excluding hydrogens is 231 g/mol. The smallest absolute Gasteiger partial charge is 0.171 e. The molecule has 0 amide bonds. The quantitative estimate of drug-likeness (QED) is 0.654. The number of fused-ring (bicyclic) bond motifs is 1. The lowest BCUT2D eigenvalue weighted by Crippen LogP contribution is -1.92. The van der Waals surface area contributed by atoms with Crippen molar-refractivity contribution in [2.45, 2.75) is 0 Å². The van der Waals surface area contributed by atoms with Crippen molar-refractivity contribution in [1.82, 2.24) is 14.6 Å². The summed E-state index contributed by atoms with van der Waals surface area (Å²) < 4.78 is 15.3. The van der Waals surface area contributed by atoms with Gasteiger partial charge in [-0.2, -0.15) is 5.26 Å². The Bertz CT molecular complexity index is 770. The van der Waals surface area contributed by atoms with Crippen molar-refractivity contribution in [3.8, 4) is 17.5 Å². The Morgan fingerprint density at radius 1 is 1.17 bits per heavy atom. The van der Waals surface area contributed by atoms with Gasteiger partial charge in [0, 0.05) is 12.3 Å². The SMILES string of the molecule is N#Cc1ccn2c(-c3ccccc3F)nnc2c1. The molecule has 0 atom stereocenters. The zero-order valence-electron chi connectivity index (χ0n) is 9.21. The highest BCUT2D eigenvalue weighted by molar-refractivity contribution is 5.60. The fraction of sp³-hybridized carbons (Fsp3) is 0. The first-order valence-electron chi connectivity index (χ1n) is 5.29. The number of hydrogen-bond acceptors (Lipinski definition) is 3. The molecule has 0 aliphatic carbocycles. The Kier molecular flexibility index (Phi) is 2.27. The van der Waals surface area contributed by atoms with Crippen LogP contribution in [0.3, 0.4) is 0 Å². The second-order valence-corrected chi connectivity index (χ2v) is 3.76. The van der Waals surface area contributed by atoms with Crippen molar-refractivity contribution in [2.75, 3.05) is 0 Å². The van der Waals surface area contributed by atoms with Gasteiger partial charge < -0.3 is 0 Å². The topological polar surface area (TPSA) is 54.0 Å². The van der Waals surface area contributed by atoms with E-state index in [-0.39, 0.29) is 5.82 Å². The summed E-state index contributed by atoms with van der Waals surface area (Å²) in [6, 6.07) is 11.7. The fourth-order valence-electron chi connectivity index (χ4n) is 1.79. The van der Waals surface area contributed by atoms with Gasteiger partial charge in [0.05, 0.1) is 17.2 Å². The third kappa shape index (κ3) is 1.52. The Hall–Kier alpha value is -2.74. The number of halogens is 1. The monoisotopic (exact) mass is 238 g/mol. The van der Waals surface area contributed by atoms with Crippen molar-refractivity contribution in [2.24, 2.45) is 0 Å². The Morgan fingerprint density at radius 2 is 2.00 bits per heavy atom. The number of benzene rings is 1. The number of rotatable bonds is 1. The molecule has 0 saturated heterocycles. The highest BCUT2D eigenvalue weighted by Gasteiger charge is 2.11. The first-order chi connectivity index (χ1) is 8.79. The predicted molar refractivity (Wildman–Crippen MR) is 63.1 cm³/mol. The van der Waals surface area contributed by atoms with Gasteiger partial charge in [0.25, 0.3) is 0 Å². The van der Waals surface area contributed by atoms with Crippen LogP contribution in [0.25, 0.3) is 17.0 Å². The van der Waals surface area contributed by atoms with E-state index < -0.39 is 0 Å². The van der Waals surface area contributed by atoms with Crippen LogP contribution in [0, 0.1) is 17.1 Å². The predicted octanol–water partition coefficient (Wildman–Crippen LogP) is 2.41. The van der Waals surface area contributed by atoms with Gasteiger partial charge in [-0.15, -0.1) is 10.2 Å². The third-order valence-corrected chi connectivity index (χ3v) is 2.65. The second kappa shape index (κ2) is 3.93.